The fourth-order valence-corrected chi connectivity index (χ4v) is 6.98. The van der Waals surface area contributed by atoms with Gasteiger partial charge < -0.3 is 20.2 Å². The van der Waals surface area contributed by atoms with Crippen molar-refractivity contribution in [1.29, 1.82) is 0 Å². The number of alkyl halides is 1. The summed E-state index contributed by atoms with van der Waals surface area (Å²) >= 11 is 6.44. The fraction of sp³-hybridized carbons (Fsp3) is 0.536. The number of aromatic nitrogens is 3. The van der Waals surface area contributed by atoms with Gasteiger partial charge in [0.25, 0.3) is 0 Å². The van der Waals surface area contributed by atoms with Crippen LogP contribution in [0.1, 0.15) is 45.6 Å². The minimum Gasteiger partial charge on any atom is -0.390 e. The van der Waals surface area contributed by atoms with Crippen molar-refractivity contribution in [3.63, 3.8) is 0 Å². The Labute approximate surface area is 239 Å². The number of aliphatic hydroxyl groups excluding tert-OH is 1. The van der Waals surface area contributed by atoms with Crippen LogP contribution in [0.25, 0.3) is 10.8 Å². The van der Waals surface area contributed by atoms with Crippen molar-refractivity contribution in [3.8, 4) is 0 Å². The average Bonchev–Trinajstić information content (AvgIpc) is 2.87. The Balaban J connectivity index is 1.44. The molecule has 1 aromatic carbocycles. The molecule has 0 bridgehead atoms. The number of rotatable bonds is 7. The Hall–Kier alpha value is -2.76. The molecule has 4 atom stereocenters. The van der Waals surface area contributed by atoms with Crippen LogP contribution in [0.2, 0.25) is 5.02 Å². The monoisotopic (exact) mass is 590 g/mol. The average molecular weight is 591 g/mol. The fourth-order valence-electron chi connectivity index (χ4n) is 5.68. The standard InChI is InChI=1S/C28H36ClFN6O3S/c1-16(2)19-6-7-23(36-13-18(17(36)3)14-40(5,38)39)21-11-31-25(10-20(19)21)33-26-22(29)12-32-27(34-26)35-9-8-24(37)28(4,30)15-35/h6-7,10-12,16-18,24,37H,8-9,13-15H2,1-5H3,(H,31,32,33,34)/t17-,18-,24-,28+/m1/s1. The number of nitrogens with zero attached hydrogens (tertiary/aromatic N) is 5. The van der Waals surface area contributed by atoms with Gasteiger partial charge >= 0.3 is 0 Å². The summed E-state index contributed by atoms with van der Waals surface area (Å²) < 4.78 is 38.5. The molecule has 216 valence electrons. The number of fused-ring (bicyclic) bond motifs is 1. The zero-order valence-electron chi connectivity index (χ0n) is 23.4. The maximum Gasteiger partial charge on any atom is 0.227 e. The lowest BCUT2D eigenvalue weighted by Gasteiger charge is -2.48. The first-order valence-electron chi connectivity index (χ1n) is 13.5. The molecule has 40 heavy (non-hydrogen) atoms. The van der Waals surface area contributed by atoms with Crippen LogP contribution in [0.4, 0.5) is 27.7 Å². The molecular formula is C28H36ClFN6O3S. The maximum absolute atomic E-state index is 14.8. The molecule has 0 saturated carbocycles. The third-order valence-corrected chi connectivity index (χ3v) is 9.40. The first-order valence-corrected chi connectivity index (χ1v) is 16.0. The summed E-state index contributed by atoms with van der Waals surface area (Å²) in [6.45, 7) is 8.80. The highest BCUT2D eigenvalue weighted by Gasteiger charge is 2.40. The van der Waals surface area contributed by atoms with Crippen molar-refractivity contribution in [3.05, 3.63) is 41.2 Å². The zero-order chi connectivity index (χ0) is 29.0. The summed E-state index contributed by atoms with van der Waals surface area (Å²) in [6.07, 6.45) is 3.84. The number of pyridine rings is 1. The molecule has 0 spiro atoms. The Morgan fingerprint density at radius 1 is 1.25 bits per heavy atom. The second-order valence-electron chi connectivity index (χ2n) is 11.7. The van der Waals surface area contributed by atoms with Gasteiger partial charge in [0.15, 0.2) is 11.5 Å². The molecule has 0 aliphatic carbocycles. The number of nitrogens with one attached hydrogen (secondary N) is 1. The largest absolute Gasteiger partial charge is 0.390 e. The molecule has 3 aromatic rings. The van der Waals surface area contributed by atoms with Crippen LogP contribution in [-0.2, 0) is 9.84 Å². The SMILES string of the molecule is CC(C)c1ccc(N2C[C@H](CS(C)(=O)=O)[C@H]2C)c2cnc(Nc3nc(N4CC[C@@H](O)[C@@](C)(F)C4)ncc3Cl)cc12. The van der Waals surface area contributed by atoms with Gasteiger partial charge in [-0.2, -0.15) is 4.98 Å². The van der Waals surface area contributed by atoms with Gasteiger partial charge in [-0.05, 0) is 49.3 Å². The van der Waals surface area contributed by atoms with Gasteiger partial charge in [0, 0.05) is 48.6 Å². The van der Waals surface area contributed by atoms with E-state index < -0.39 is 21.6 Å². The van der Waals surface area contributed by atoms with Crippen LogP contribution in [0.5, 0.6) is 0 Å². The normalized spacial score (nSPS) is 25.4. The van der Waals surface area contributed by atoms with E-state index >= 15 is 0 Å². The molecule has 2 saturated heterocycles. The predicted molar refractivity (Wildman–Crippen MR) is 159 cm³/mol. The topological polar surface area (TPSA) is 112 Å². The number of aliphatic hydroxyl groups is 1. The van der Waals surface area contributed by atoms with Crippen molar-refractivity contribution in [2.75, 3.05) is 46.8 Å². The molecule has 4 heterocycles. The summed E-state index contributed by atoms with van der Waals surface area (Å²) in [5.41, 5.74) is 0.423. The Morgan fingerprint density at radius 2 is 2.00 bits per heavy atom. The van der Waals surface area contributed by atoms with Gasteiger partial charge in [0.2, 0.25) is 5.95 Å². The molecule has 2 N–H and O–H groups in total. The third kappa shape index (κ3) is 5.69. The first kappa shape index (κ1) is 28.8. The summed E-state index contributed by atoms with van der Waals surface area (Å²) in [5, 5.41) is 15.5. The number of anilines is 4. The van der Waals surface area contributed by atoms with Crippen LogP contribution in [0.15, 0.2) is 30.6 Å². The maximum atomic E-state index is 14.8. The molecular weight excluding hydrogens is 555 g/mol. The van der Waals surface area contributed by atoms with Crippen molar-refractivity contribution in [2.45, 2.75) is 57.8 Å². The van der Waals surface area contributed by atoms with E-state index in [-0.39, 0.29) is 36.6 Å². The quantitative estimate of drug-likeness (QED) is 0.404. The molecule has 2 fully saturated rings. The van der Waals surface area contributed by atoms with E-state index in [1.54, 1.807) is 4.90 Å². The molecule has 0 unspecified atom stereocenters. The zero-order valence-corrected chi connectivity index (χ0v) is 25.0. The van der Waals surface area contributed by atoms with Crippen LogP contribution in [0, 0.1) is 5.92 Å². The van der Waals surface area contributed by atoms with Crippen molar-refractivity contribution in [1.82, 2.24) is 15.0 Å². The Kier molecular flexibility index (Phi) is 7.60. The second kappa shape index (κ2) is 10.6. The van der Waals surface area contributed by atoms with Crippen molar-refractivity contribution < 1.29 is 17.9 Å². The van der Waals surface area contributed by atoms with Gasteiger partial charge in [-0.25, -0.2) is 22.8 Å². The highest BCUT2D eigenvalue weighted by Crippen LogP contribution is 2.40. The molecule has 2 aromatic heterocycles. The van der Waals surface area contributed by atoms with E-state index in [0.29, 0.717) is 35.7 Å². The highest BCUT2D eigenvalue weighted by molar-refractivity contribution is 7.90. The van der Waals surface area contributed by atoms with Gasteiger partial charge in [-0.15, -0.1) is 0 Å². The van der Waals surface area contributed by atoms with Gasteiger partial charge in [0.05, 0.1) is 24.6 Å². The number of sulfone groups is 1. The molecule has 5 rings (SSSR count). The molecule has 2 aliphatic heterocycles. The van der Waals surface area contributed by atoms with E-state index in [9.17, 15) is 17.9 Å². The lowest BCUT2D eigenvalue weighted by atomic mass is 9.88. The van der Waals surface area contributed by atoms with Gasteiger partial charge in [-0.1, -0.05) is 31.5 Å². The number of piperidine rings is 1. The summed E-state index contributed by atoms with van der Waals surface area (Å²) in [7, 11) is -3.04. The van der Waals surface area contributed by atoms with E-state index in [4.69, 9.17) is 11.6 Å². The van der Waals surface area contributed by atoms with E-state index in [0.717, 1.165) is 22.0 Å². The van der Waals surface area contributed by atoms with E-state index in [2.05, 4.69) is 58.1 Å². The van der Waals surface area contributed by atoms with Crippen LogP contribution < -0.4 is 15.1 Å². The minimum atomic E-state index is -3.04. The molecule has 12 heteroatoms. The lowest BCUT2D eigenvalue weighted by Crippen LogP contribution is -2.57. The van der Waals surface area contributed by atoms with Crippen LogP contribution in [-0.4, -0.2) is 77.9 Å². The van der Waals surface area contributed by atoms with Crippen molar-refractivity contribution in [2.24, 2.45) is 5.92 Å². The van der Waals surface area contributed by atoms with Gasteiger partial charge in [-0.3, -0.25) is 0 Å². The third-order valence-electron chi connectivity index (χ3n) is 8.09. The summed E-state index contributed by atoms with van der Waals surface area (Å²) in [4.78, 5) is 17.5. The lowest BCUT2D eigenvalue weighted by molar-refractivity contribution is -0.00860. The second-order valence-corrected chi connectivity index (χ2v) is 14.3. The molecule has 0 radical (unpaired) electrons. The Bertz CT molecular complexity index is 1540. The number of hydrogen-bond acceptors (Lipinski definition) is 9. The van der Waals surface area contributed by atoms with Crippen LogP contribution in [0.3, 0.4) is 0 Å². The molecule has 2 aliphatic rings. The smallest absolute Gasteiger partial charge is 0.227 e. The Morgan fingerprint density at radius 3 is 2.65 bits per heavy atom. The number of benzene rings is 1. The van der Waals surface area contributed by atoms with Gasteiger partial charge in [0.1, 0.15) is 20.7 Å². The van der Waals surface area contributed by atoms with Crippen LogP contribution >= 0.6 is 11.6 Å². The molecule has 9 nitrogen and oxygen atoms in total. The molecule has 0 amide bonds. The highest BCUT2D eigenvalue weighted by atomic mass is 35.5. The first-order chi connectivity index (χ1) is 18.7. The minimum absolute atomic E-state index is 0.0239. The van der Waals surface area contributed by atoms with E-state index in [1.165, 1.54) is 19.4 Å². The summed E-state index contributed by atoms with van der Waals surface area (Å²) in [6, 6.07) is 6.29. The predicted octanol–water partition coefficient (Wildman–Crippen LogP) is 4.71. The number of hydrogen-bond donors (Lipinski definition) is 2. The van der Waals surface area contributed by atoms with E-state index in [1.807, 2.05) is 12.3 Å². The summed E-state index contributed by atoms with van der Waals surface area (Å²) in [5.74, 6) is 1.77. The van der Waals surface area contributed by atoms with Crippen molar-refractivity contribution >= 4 is 55.5 Å². The number of halogens is 2.